The van der Waals surface area contributed by atoms with E-state index >= 15 is 0 Å². The second-order valence-corrected chi connectivity index (χ2v) is 3.30. The normalized spacial score (nSPS) is 11.9. The van der Waals surface area contributed by atoms with Gasteiger partial charge < -0.3 is 13.9 Å². The molecule has 1 aromatic rings. The minimum absolute atomic E-state index is 0.459. The number of esters is 2. The molecule has 0 bridgehead atoms. The number of furan rings is 1. The van der Waals surface area contributed by atoms with Crippen molar-refractivity contribution in [3.8, 4) is 0 Å². The van der Waals surface area contributed by atoms with Gasteiger partial charge >= 0.3 is 11.9 Å². The highest BCUT2D eigenvalue weighted by Gasteiger charge is 2.37. The maximum atomic E-state index is 11.6. The molecule has 5 nitrogen and oxygen atoms in total. The first-order valence-corrected chi connectivity index (χ1v) is 4.97. The van der Waals surface area contributed by atoms with E-state index < -0.39 is 23.8 Å². The predicted octanol–water partition coefficient (Wildman–Crippen LogP) is 1.51. The fourth-order valence-electron chi connectivity index (χ4n) is 1.54. The molecule has 1 aromatic heterocycles. The summed E-state index contributed by atoms with van der Waals surface area (Å²) in [6, 6.07) is 3.32. The van der Waals surface area contributed by atoms with Crippen molar-refractivity contribution >= 4 is 11.9 Å². The number of hydrogen-bond acceptors (Lipinski definition) is 5. The summed E-state index contributed by atoms with van der Waals surface area (Å²) in [5, 5.41) is 0. The number of hydrogen-bond donors (Lipinski definition) is 0. The zero-order valence-electron chi connectivity index (χ0n) is 9.71. The van der Waals surface area contributed by atoms with Gasteiger partial charge in [0.25, 0.3) is 0 Å². The fraction of sp³-hybridized carbons (Fsp3) is 0.333. The van der Waals surface area contributed by atoms with Gasteiger partial charge in [-0.05, 0) is 12.1 Å². The maximum absolute atomic E-state index is 11.6. The Labute approximate surface area is 99.0 Å². The molecule has 1 rings (SSSR count). The van der Waals surface area contributed by atoms with E-state index in [0.29, 0.717) is 5.76 Å². The van der Waals surface area contributed by atoms with Crippen molar-refractivity contribution in [2.45, 2.75) is 5.92 Å². The van der Waals surface area contributed by atoms with Crippen LogP contribution in [0.3, 0.4) is 0 Å². The van der Waals surface area contributed by atoms with Gasteiger partial charge in [-0.15, -0.1) is 6.58 Å². The number of carbonyl (C=O) groups excluding carboxylic acids is 2. The van der Waals surface area contributed by atoms with Gasteiger partial charge in [-0.3, -0.25) is 9.59 Å². The second-order valence-electron chi connectivity index (χ2n) is 3.30. The van der Waals surface area contributed by atoms with Gasteiger partial charge in [-0.25, -0.2) is 0 Å². The minimum atomic E-state index is -1.10. The van der Waals surface area contributed by atoms with Crippen LogP contribution in [0.4, 0.5) is 0 Å². The molecule has 0 saturated carbocycles. The van der Waals surface area contributed by atoms with Crippen LogP contribution in [-0.4, -0.2) is 26.2 Å². The summed E-state index contributed by atoms with van der Waals surface area (Å²) in [4.78, 5) is 23.2. The van der Waals surface area contributed by atoms with Crippen LogP contribution in [-0.2, 0) is 19.1 Å². The molecule has 0 aliphatic carbocycles. The van der Waals surface area contributed by atoms with Crippen molar-refractivity contribution < 1.29 is 23.5 Å². The average molecular weight is 238 g/mol. The van der Waals surface area contributed by atoms with Gasteiger partial charge in [0.1, 0.15) is 5.76 Å². The van der Waals surface area contributed by atoms with Gasteiger partial charge in [0.2, 0.25) is 0 Å². The molecule has 17 heavy (non-hydrogen) atoms. The van der Waals surface area contributed by atoms with E-state index in [1.807, 2.05) is 0 Å². The first-order chi connectivity index (χ1) is 8.15. The van der Waals surface area contributed by atoms with Gasteiger partial charge in [0.05, 0.1) is 26.4 Å². The lowest BCUT2D eigenvalue weighted by Gasteiger charge is -2.18. The van der Waals surface area contributed by atoms with Crippen molar-refractivity contribution in [3.05, 3.63) is 36.8 Å². The number of ether oxygens (including phenoxy) is 2. The van der Waals surface area contributed by atoms with E-state index in [1.165, 1.54) is 26.6 Å². The first kappa shape index (κ1) is 13.0. The van der Waals surface area contributed by atoms with Crippen LogP contribution in [0.2, 0.25) is 0 Å². The van der Waals surface area contributed by atoms with E-state index in [4.69, 9.17) is 4.42 Å². The first-order valence-electron chi connectivity index (χ1n) is 4.97. The van der Waals surface area contributed by atoms with E-state index in [9.17, 15) is 9.59 Å². The second kappa shape index (κ2) is 5.89. The number of methoxy groups -OCH3 is 2. The third-order valence-corrected chi connectivity index (χ3v) is 2.40. The van der Waals surface area contributed by atoms with E-state index in [1.54, 1.807) is 12.1 Å². The Hall–Kier alpha value is -2.04. The monoisotopic (exact) mass is 238 g/mol. The van der Waals surface area contributed by atoms with Crippen LogP contribution in [0.1, 0.15) is 11.7 Å². The standard InChI is InChI=1S/C12H14O5/c1-4-8(9-6-5-7-17-9)10(11(13)15-2)12(14)16-3/h4-8,10H,1H2,2-3H3/t8-/m0/s1. The van der Waals surface area contributed by atoms with Crippen LogP contribution < -0.4 is 0 Å². The Morgan fingerprint density at radius 2 is 1.94 bits per heavy atom. The highest BCUT2D eigenvalue weighted by molar-refractivity contribution is 5.96. The van der Waals surface area contributed by atoms with Crippen molar-refractivity contribution in [2.24, 2.45) is 5.92 Å². The highest BCUT2D eigenvalue weighted by Crippen LogP contribution is 2.28. The topological polar surface area (TPSA) is 65.7 Å². The van der Waals surface area contributed by atoms with Crippen molar-refractivity contribution in [1.82, 2.24) is 0 Å². The van der Waals surface area contributed by atoms with E-state index in [0.717, 1.165) is 0 Å². The molecule has 0 aliphatic rings. The Morgan fingerprint density at radius 1 is 1.35 bits per heavy atom. The van der Waals surface area contributed by atoms with Crippen molar-refractivity contribution in [1.29, 1.82) is 0 Å². The molecule has 0 aliphatic heterocycles. The molecule has 0 amide bonds. The van der Waals surface area contributed by atoms with E-state index in [-0.39, 0.29) is 0 Å². The minimum Gasteiger partial charge on any atom is -0.469 e. The van der Waals surface area contributed by atoms with Crippen LogP contribution in [0.25, 0.3) is 0 Å². The molecular weight excluding hydrogens is 224 g/mol. The van der Waals surface area contributed by atoms with Gasteiger partial charge in [-0.2, -0.15) is 0 Å². The summed E-state index contributed by atoms with van der Waals surface area (Å²) >= 11 is 0. The van der Waals surface area contributed by atoms with Crippen LogP contribution in [0.5, 0.6) is 0 Å². The number of carbonyl (C=O) groups is 2. The summed E-state index contributed by atoms with van der Waals surface area (Å²) in [6.07, 6.45) is 2.91. The van der Waals surface area contributed by atoms with Crippen LogP contribution in [0, 0.1) is 5.92 Å². The third-order valence-electron chi connectivity index (χ3n) is 2.40. The summed E-state index contributed by atoms with van der Waals surface area (Å²) in [6.45, 7) is 3.60. The Bertz CT molecular complexity index is 377. The molecule has 0 radical (unpaired) electrons. The molecule has 5 heteroatoms. The third kappa shape index (κ3) is 2.75. The molecular formula is C12H14O5. The molecule has 0 saturated heterocycles. The number of rotatable bonds is 5. The average Bonchev–Trinajstić information content (AvgIpc) is 2.87. The Kier molecular flexibility index (Phi) is 4.51. The molecule has 0 spiro atoms. The molecule has 0 N–H and O–H groups in total. The molecule has 0 unspecified atom stereocenters. The molecule has 1 heterocycles. The lowest BCUT2D eigenvalue weighted by molar-refractivity contribution is -0.159. The summed E-state index contributed by atoms with van der Waals surface area (Å²) < 4.78 is 14.3. The quantitative estimate of drug-likeness (QED) is 0.442. The van der Waals surface area contributed by atoms with Crippen molar-refractivity contribution in [2.75, 3.05) is 14.2 Å². The largest absolute Gasteiger partial charge is 0.469 e. The smallest absolute Gasteiger partial charge is 0.321 e. The Balaban J connectivity index is 3.06. The molecule has 0 aromatic carbocycles. The van der Waals surface area contributed by atoms with Crippen LogP contribution >= 0.6 is 0 Å². The molecule has 0 fully saturated rings. The lowest BCUT2D eigenvalue weighted by atomic mass is 9.90. The predicted molar refractivity (Wildman–Crippen MR) is 59.2 cm³/mol. The van der Waals surface area contributed by atoms with Gasteiger partial charge in [0, 0.05) is 0 Å². The highest BCUT2D eigenvalue weighted by atomic mass is 16.5. The molecule has 92 valence electrons. The maximum Gasteiger partial charge on any atom is 0.321 e. The zero-order valence-corrected chi connectivity index (χ0v) is 9.71. The SMILES string of the molecule is C=C[C@@H](c1ccco1)C(C(=O)OC)C(=O)OC. The van der Waals surface area contributed by atoms with Gasteiger partial charge in [0.15, 0.2) is 5.92 Å². The summed E-state index contributed by atoms with van der Waals surface area (Å²) in [5.74, 6) is -2.62. The van der Waals surface area contributed by atoms with E-state index in [2.05, 4.69) is 16.1 Å². The number of allylic oxidation sites excluding steroid dienone is 1. The fourth-order valence-corrected chi connectivity index (χ4v) is 1.54. The summed E-state index contributed by atoms with van der Waals surface area (Å²) in [5.41, 5.74) is 0. The zero-order chi connectivity index (χ0) is 12.8. The van der Waals surface area contributed by atoms with Gasteiger partial charge in [-0.1, -0.05) is 6.08 Å². The Morgan fingerprint density at radius 3 is 2.29 bits per heavy atom. The molecule has 1 atom stereocenters. The summed E-state index contributed by atoms with van der Waals surface area (Å²) in [7, 11) is 2.42. The van der Waals surface area contributed by atoms with Crippen molar-refractivity contribution in [3.63, 3.8) is 0 Å². The van der Waals surface area contributed by atoms with Crippen LogP contribution in [0.15, 0.2) is 35.5 Å². The lowest BCUT2D eigenvalue weighted by Crippen LogP contribution is -2.31.